The molecule has 0 saturated carbocycles. The number of nitrogens with one attached hydrogen (secondary N) is 1. The first-order chi connectivity index (χ1) is 10.0. The van der Waals surface area contributed by atoms with Gasteiger partial charge in [-0.05, 0) is 49.2 Å². The molecular formula is C15H19N3O2S. The fourth-order valence-electron chi connectivity index (χ4n) is 2.08. The van der Waals surface area contributed by atoms with E-state index in [1.54, 1.807) is 18.2 Å². The minimum Gasteiger partial charge on any atom is -0.354 e. The van der Waals surface area contributed by atoms with Crippen LogP contribution in [0, 0.1) is 0 Å². The number of nitrogens with two attached hydrogens (primary N) is 2. The van der Waals surface area contributed by atoms with Crippen molar-refractivity contribution in [3.63, 3.8) is 0 Å². The molecule has 0 saturated heterocycles. The second-order valence-corrected chi connectivity index (χ2v) is 6.29. The molecule has 0 fully saturated rings. The molecule has 0 aromatic heterocycles. The van der Waals surface area contributed by atoms with Crippen molar-refractivity contribution in [2.45, 2.75) is 17.7 Å². The van der Waals surface area contributed by atoms with Crippen LogP contribution in [0.1, 0.15) is 12.0 Å². The van der Waals surface area contributed by atoms with E-state index in [0.29, 0.717) is 12.2 Å². The lowest BCUT2D eigenvalue weighted by Crippen LogP contribution is -2.14. The Balaban J connectivity index is 2.27. The van der Waals surface area contributed by atoms with Crippen LogP contribution in [-0.2, 0) is 16.4 Å². The topological polar surface area (TPSA) is 98.2 Å². The van der Waals surface area contributed by atoms with Crippen molar-refractivity contribution >= 4 is 21.4 Å². The summed E-state index contributed by atoms with van der Waals surface area (Å²) in [7, 11) is -3.76. The lowest BCUT2D eigenvalue weighted by molar-refractivity contribution is 0.598. The summed E-state index contributed by atoms with van der Waals surface area (Å²) < 4.78 is 23.2. The van der Waals surface area contributed by atoms with Crippen LogP contribution in [0.25, 0.3) is 0 Å². The van der Waals surface area contributed by atoms with Crippen LogP contribution in [0.4, 0.5) is 11.4 Å². The third-order valence-corrected chi connectivity index (χ3v) is 4.04. The zero-order valence-electron chi connectivity index (χ0n) is 11.6. The van der Waals surface area contributed by atoms with E-state index in [1.807, 2.05) is 24.3 Å². The Bertz CT molecular complexity index is 714. The first-order valence-corrected chi connectivity index (χ1v) is 8.23. The molecule has 0 atom stereocenters. The molecule has 5 N–H and O–H groups in total. The van der Waals surface area contributed by atoms with Gasteiger partial charge in [0.2, 0.25) is 10.0 Å². The van der Waals surface area contributed by atoms with Gasteiger partial charge in [-0.1, -0.05) is 24.3 Å². The molecule has 2 aromatic carbocycles. The van der Waals surface area contributed by atoms with E-state index in [2.05, 4.69) is 5.32 Å². The lowest BCUT2D eigenvalue weighted by Gasteiger charge is -2.11. The first-order valence-electron chi connectivity index (χ1n) is 6.68. The van der Waals surface area contributed by atoms with Gasteiger partial charge in [-0.3, -0.25) is 0 Å². The highest BCUT2D eigenvalue weighted by Crippen LogP contribution is 2.24. The molecule has 0 radical (unpaired) electrons. The summed E-state index contributed by atoms with van der Waals surface area (Å²) in [5.74, 6) is 0. The molecule has 6 heteroatoms. The molecule has 0 aliphatic heterocycles. The minimum absolute atomic E-state index is 0.0809. The van der Waals surface area contributed by atoms with Crippen molar-refractivity contribution in [1.29, 1.82) is 0 Å². The molecule has 112 valence electrons. The number of primary sulfonamides is 1. The van der Waals surface area contributed by atoms with Crippen LogP contribution in [0.5, 0.6) is 0 Å². The fourth-order valence-corrected chi connectivity index (χ4v) is 2.78. The molecule has 0 heterocycles. The molecule has 5 nitrogen and oxygen atoms in total. The van der Waals surface area contributed by atoms with Gasteiger partial charge in [0.15, 0.2) is 0 Å². The van der Waals surface area contributed by atoms with Crippen molar-refractivity contribution in [2.24, 2.45) is 10.9 Å². The van der Waals surface area contributed by atoms with Gasteiger partial charge in [-0.15, -0.1) is 0 Å². The van der Waals surface area contributed by atoms with Gasteiger partial charge in [0.1, 0.15) is 4.90 Å². The number of hydrogen-bond donors (Lipinski definition) is 3. The van der Waals surface area contributed by atoms with Gasteiger partial charge in [0, 0.05) is 5.69 Å². The minimum atomic E-state index is -3.76. The monoisotopic (exact) mass is 305 g/mol. The van der Waals surface area contributed by atoms with Crippen molar-refractivity contribution < 1.29 is 8.42 Å². The zero-order valence-corrected chi connectivity index (χ0v) is 12.4. The van der Waals surface area contributed by atoms with Crippen LogP contribution in [0.3, 0.4) is 0 Å². The van der Waals surface area contributed by atoms with Gasteiger partial charge < -0.3 is 11.1 Å². The highest BCUT2D eigenvalue weighted by molar-refractivity contribution is 7.89. The molecule has 21 heavy (non-hydrogen) atoms. The maximum atomic E-state index is 11.6. The van der Waals surface area contributed by atoms with Gasteiger partial charge in [0.25, 0.3) is 0 Å². The summed E-state index contributed by atoms with van der Waals surface area (Å²) in [6.07, 6.45) is 1.81. The van der Waals surface area contributed by atoms with Gasteiger partial charge in [-0.2, -0.15) is 0 Å². The predicted octanol–water partition coefficient (Wildman–Crippen LogP) is 1.97. The average Bonchev–Trinajstić information content (AvgIpc) is 2.45. The zero-order chi connectivity index (χ0) is 15.3. The lowest BCUT2D eigenvalue weighted by atomic mass is 10.1. The fraction of sp³-hybridized carbons (Fsp3) is 0.200. The number of para-hydroxylation sites is 1. The van der Waals surface area contributed by atoms with E-state index in [1.165, 1.54) is 6.07 Å². The highest BCUT2D eigenvalue weighted by atomic mass is 32.2. The van der Waals surface area contributed by atoms with Crippen molar-refractivity contribution in [3.8, 4) is 0 Å². The molecule has 0 aliphatic rings. The Hall–Kier alpha value is -1.89. The third kappa shape index (κ3) is 4.29. The maximum absolute atomic E-state index is 11.6. The number of aryl methyl sites for hydroxylation is 1. The smallest absolute Gasteiger partial charge is 0.240 e. The van der Waals surface area contributed by atoms with Crippen LogP contribution >= 0.6 is 0 Å². The quantitative estimate of drug-likeness (QED) is 0.760. The normalized spacial score (nSPS) is 11.3. The molecule has 2 rings (SSSR count). The second kappa shape index (κ2) is 6.71. The summed E-state index contributed by atoms with van der Waals surface area (Å²) in [5, 5.41) is 8.33. The maximum Gasteiger partial charge on any atom is 0.240 e. The Kier molecular flexibility index (Phi) is 4.95. The molecule has 0 bridgehead atoms. The Morgan fingerprint density at radius 1 is 1.05 bits per heavy atom. The average molecular weight is 305 g/mol. The Morgan fingerprint density at radius 3 is 2.52 bits per heavy atom. The number of rotatable bonds is 6. The van der Waals surface area contributed by atoms with Gasteiger partial charge >= 0.3 is 0 Å². The summed E-state index contributed by atoms with van der Waals surface area (Å²) in [6.45, 7) is 0.645. The SMILES string of the molecule is NCCCc1cccc(Nc2ccccc2S(N)(=O)=O)c1. The molecule has 0 amide bonds. The van der Waals surface area contributed by atoms with Crippen LogP contribution < -0.4 is 16.2 Å². The van der Waals surface area contributed by atoms with Crippen LogP contribution in [-0.4, -0.2) is 15.0 Å². The molecular weight excluding hydrogens is 286 g/mol. The number of sulfonamides is 1. The van der Waals surface area contributed by atoms with Crippen molar-refractivity contribution in [1.82, 2.24) is 0 Å². The van der Waals surface area contributed by atoms with E-state index in [9.17, 15) is 8.42 Å². The van der Waals surface area contributed by atoms with E-state index < -0.39 is 10.0 Å². The number of anilines is 2. The number of hydrogen-bond acceptors (Lipinski definition) is 4. The standard InChI is InChI=1S/C15H19N3O2S/c16-10-4-6-12-5-3-7-13(11-12)18-14-8-1-2-9-15(14)21(17,19)20/h1-3,5,7-9,11,18H,4,6,10,16H2,(H2,17,19,20). The van der Waals surface area contributed by atoms with E-state index >= 15 is 0 Å². The van der Waals surface area contributed by atoms with Crippen molar-refractivity contribution in [3.05, 3.63) is 54.1 Å². The van der Waals surface area contributed by atoms with E-state index in [-0.39, 0.29) is 4.90 Å². The molecule has 0 unspecified atom stereocenters. The second-order valence-electron chi connectivity index (χ2n) is 4.76. The summed E-state index contributed by atoms with van der Waals surface area (Å²) in [4.78, 5) is 0.0809. The van der Waals surface area contributed by atoms with Gasteiger partial charge in [-0.25, -0.2) is 13.6 Å². The van der Waals surface area contributed by atoms with E-state index in [0.717, 1.165) is 24.1 Å². The number of benzene rings is 2. The van der Waals surface area contributed by atoms with E-state index in [4.69, 9.17) is 10.9 Å². The molecule has 2 aromatic rings. The van der Waals surface area contributed by atoms with Gasteiger partial charge in [0.05, 0.1) is 5.69 Å². The van der Waals surface area contributed by atoms with Crippen LogP contribution in [0.2, 0.25) is 0 Å². The molecule has 0 aliphatic carbocycles. The van der Waals surface area contributed by atoms with Crippen LogP contribution in [0.15, 0.2) is 53.4 Å². The Labute approximate surface area is 125 Å². The summed E-state index contributed by atoms with van der Waals surface area (Å²) >= 11 is 0. The molecule has 0 spiro atoms. The van der Waals surface area contributed by atoms with Crippen molar-refractivity contribution in [2.75, 3.05) is 11.9 Å². The largest absolute Gasteiger partial charge is 0.354 e. The Morgan fingerprint density at radius 2 is 1.81 bits per heavy atom. The summed E-state index contributed by atoms with van der Waals surface area (Å²) in [6, 6.07) is 14.4. The summed E-state index contributed by atoms with van der Waals surface area (Å²) in [5.41, 5.74) is 7.95. The highest BCUT2D eigenvalue weighted by Gasteiger charge is 2.13. The third-order valence-electron chi connectivity index (χ3n) is 3.07. The predicted molar refractivity (Wildman–Crippen MR) is 84.9 cm³/mol. The first kappa shape index (κ1) is 15.5.